The third kappa shape index (κ3) is 1.64. The third-order valence-corrected chi connectivity index (χ3v) is 5.34. The summed E-state index contributed by atoms with van der Waals surface area (Å²) in [5, 5.41) is 0. The van der Waals surface area contributed by atoms with Crippen molar-refractivity contribution >= 4 is 0 Å². The van der Waals surface area contributed by atoms with E-state index in [4.69, 9.17) is 9.47 Å². The van der Waals surface area contributed by atoms with Gasteiger partial charge in [0.25, 0.3) is 0 Å². The minimum absolute atomic E-state index is 0.368. The lowest BCUT2D eigenvalue weighted by Gasteiger charge is -2.27. The molecule has 2 saturated heterocycles. The molecule has 0 N–H and O–H groups in total. The Kier molecular flexibility index (Phi) is 2.46. The topological polar surface area (TPSA) is 18.5 Å². The summed E-state index contributed by atoms with van der Waals surface area (Å²) in [6.45, 7) is 0. The van der Waals surface area contributed by atoms with Crippen LogP contribution in [0.3, 0.4) is 0 Å². The average molecular weight is 234 g/mol. The van der Waals surface area contributed by atoms with E-state index in [-0.39, 0.29) is 0 Å². The van der Waals surface area contributed by atoms with Crippen molar-refractivity contribution in [2.45, 2.75) is 69.7 Å². The zero-order valence-corrected chi connectivity index (χ0v) is 10.4. The Morgan fingerprint density at radius 3 is 2.76 bits per heavy atom. The van der Waals surface area contributed by atoms with Crippen molar-refractivity contribution in [1.29, 1.82) is 0 Å². The van der Waals surface area contributed by atoms with Gasteiger partial charge in [-0.3, -0.25) is 0 Å². The standard InChI is InChI=1S/C15H22O2/c1-2-5-10(4-1)9-16-14-8-13-11-6-3-7-12(11)15(14)17-13/h9,11-15H,1-8H2. The van der Waals surface area contributed by atoms with Gasteiger partial charge in [0, 0.05) is 6.42 Å². The van der Waals surface area contributed by atoms with Crippen molar-refractivity contribution in [3.63, 3.8) is 0 Å². The van der Waals surface area contributed by atoms with E-state index in [1.165, 1.54) is 50.5 Å². The fourth-order valence-electron chi connectivity index (χ4n) is 4.51. The maximum absolute atomic E-state index is 6.11. The first-order valence-electron chi connectivity index (χ1n) is 7.40. The van der Waals surface area contributed by atoms with Gasteiger partial charge in [-0.1, -0.05) is 6.42 Å². The van der Waals surface area contributed by atoms with Crippen molar-refractivity contribution in [1.82, 2.24) is 0 Å². The van der Waals surface area contributed by atoms with Crippen molar-refractivity contribution in [2.75, 3.05) is 0 Å². The van der Waals surface area contributed by atoms with Gasteiger partial charge in [0.05, 0.1) is 18.5 Å². The highest BCUT2D eigenvalue weighted by atomic mass is 16.6. The Labute approximate surface area is 103 Å². The van der Waals surface area contributed by atoms with E-state index >= 15 is 0 Å². The monoisotopic (exact) mass is 234 g/mol. The molecule has 2 heteroatoms. The summed E-state index contributed by atoms with van der Waals surface area (Å²) in [6.07, 6.45) is 14.0. The molecule has 0 aromatic carbocycles. The fraction of sp³-hybridized carbons (Fsp3) is 0.867. The summed E-state index contributed by atoms with van der Waals surface area (Å²) in [4.78, 5) is 0. The van der Waals surface area contributed by atoms with Gasteiger partial charge in [0.2, 0.25) is 0 Å². The van der Waals surface area contributed by atoms with Crippen LogP contribution in [0.2, 0.25) is 0 Å². The van der Waals surface area contributed by atoms with Crippen LogP contribution in [0, 0.1) is 11.8 Å². The van der Waals surface area contributed by atoms with Crippen molar-refractivity contribution in [2.24, 2.45) is 11.8 Å². The second-order valence-electron chi connectivity index (χ2n) is 6.29. The van der Waals surface area contributed by atoms with Crippen LogP contribution >= 0.6 is 0 Å². The molecule has 4 rings (SSSR count). The molecule has 2 heterocycles. The lowest BCUT2D eigenvalue weighted by atomic mass is 9.80. The number of fused-ring (bicyclic) bond motifs is 5. The molecule has 94 valence electrons. The van der Waals surface area contributed by atoms with Gasteiger partial charge < -0.3 is 9.47 Å². The zero-order chi connectivity index (χ0) is 11.2. The van der Waals surface area contributed by atoms with Crippen LogP contribution in [0.15, 0.2) is 11.8 Å². The first-order valence-corrected chi connectivity index (χ1v) is 7.40. The smallest absolute Gasteiger partial charge is 0.127 e. The van der Waals surface area contributed by atoms with Gasteiger partial charge in [-0.15, -0.1) is 0 Å². The van der Waals surface area contributed by atoms with E-state index in [0.717, 1.165) is 18.3 Å². The molecule has 4 fully saturated rings. The Hall–Kier alpha value is -0.500. The summed E-state index contributed by atoms with van der Waals surface area (Å²) in [6, 6.07) is 0. The molecule has 0 aromatic heterocycles. The SMILES string of the molecule is C(OC1CC2OC1C1CCCC21)=C1CCCC1. The Balaban J connectivity index is 1.42. The van der Waals surface area contributed by atoms with Crippen LogP contribution in [-0.2, 0) is 9.47 Å². The highest BCUT2D eigenvalue weighted by molar-refractivity contribution is 5.07. The zero-order valence-electron chi connectivity index (χ0n) is 10.4. The first kappa shape index (κ1) is 10.4. The minimum Gasteiger partial charge on any atom is -0.495 e. The molecule has 17 heavy (non-hydrogen) atoms. The molecule has 2 nitrogen and oxygen atoms in total. The largest absolute Gasteiger partial charge is 0.495 e. The molecule has 2 saturated carbocycles. The van der Waals surface area contributed by atoms with Gasteiger partial charge in [-0.2, -0.15) is 0 Å². The third-order valence-electron chi connectivity index (χ3n) is 5.34. The predicted octanol–water partition coefficient (Wildman–Crippen LogP) is 3.42. The summed E-state index contributed by atoms with van der Waals surface area (Å²) in [5.74, 6) is 1.69. The molecule has 0 amide bonds. The van der Waals surface area contributed by atoms with Crippen molar-refractivity contribution in [3.05, 3.63) is 11.8 Å². The second kappa shape index (κ2) is 4.01. The molecule has 0 aromatic rings. The molecule has 0 spiro atoms. The minimum atomic E-state index is 0.368. The molecule has 4 aliphatic rings. The fourth-order valence-corrected chi connectivity index (χ4v) is 4.51. The lowest BCUT2D eigenvalue weighted by Crippen LogP contribution is -2.34. The van der Waals surface area contributed by atoms with Gasteiger partial charge in [-0.25, -0.2) is 0 Å². The predicted molar refractivity (Wildman–Crippen MR) is 65.5 cm³/mol. The molecular weight excluding hydrogens is 212 g/mol. The molecule has 2 bridgehead atoms. The van der Waals surface area contributed by atoms with Gasteiger partial charge in [0.15, 0.2) is 0 Å². The highest BCUT2D eigenvalue weighted by Crippen LogP contribution is 2.52. The maximum Gasteiger partial charge on any atom is 0.127 e. The summed E-state index contributed by atoms with van der Waals surface area (Å²) in [5.41, 5.74) is 1.52. The van der Waals surface area contributed by atoms with Crippen molar-refractivity contribution < 1.29 is 9.47 Å². The Bertz CT molecular complexity index is 328. The summed E-state index contributed by atoms with van der Waals surface area (Å²) in [7, 11) is 0. The molecule has 2 aliphatic carbocycles. The van der Waals surface area contributed by atoms with Crippen LogP contribution in [-0.4, -0.2) is 18.3 Å². The number of hydrogen-bond donors (Lipinski definition) is 0. The quantitative estimate of drug-likeness (QED) is 0.682. The number of hydrogen-bond acceptors (Lipinski definition) is 2. The van der Waals surface area contributed by atoms with Crippen molar-refractivity contribution in [3.8, 4) is 0 Å². The molecule has 5 atom stereocenters. The van der Waals surface area contributed by atoms with Crippen LogP contribution in [0.4, 0.5) is 0 Å². The van der Waals surface area contributed by atoms with Gasteiger partial charge in [-0.05, 0) is 55.9 Å². The van der Waals surface area contributed by atoms with Gasteiger partial charge in [0.1, 0.15) is 6.10 Å². The molecule has 2 aliphatic heterocycles. The van der Waals surface area contributed by atoms with Crippen LogP contribution in [0.5, 0.6) is 0 Å². The summed E-state index contributed by atoms with van der Waals surface area (Å²) >= 11 is 0. The second-order valence-corrected chi connectivity index (χ2v) is 6.29. The van der Waals surface area contributed by atoms with E-state index in [1.807, 2.05) is 0 Å². The number of rotatable bonds is 2. The van der Waals surface area contributed by atoms with Gasteiger partial charge >= 0.3 is 0 Å². The lowest BCUT2D eigenvalue weighted by molar-refractivity contribution is 0.0221. The van der Waals surface area contributed by atoms with Crippen LogP contribution < -0.4 is 0 Å². The normalized spacial score (nSPS) is 47.5. The molecular formula is C15H22O2. The Morgan fingerprint density at radius 2 is 1.88 bits per heavy atom. The average Bonchev–Trinajstić information content (AvgIpc) is 3.08. The van der Waals surface area contributed by atoms with E-state index in [2.05, 4.69) is 6.26 Å². The highest BCUT2D eigenvalue weighted by Gasteiger charge is 2.56. The van der Waals surface area contributed by atoms with E-state index in [9.17, 15) is 0 Å². The van der Waals surface area contributed by atoms with Crippen LogP contribution in [0.1, 0.15) is 51.4 Å². The number of allylic oxidation sites excluding steroid dienone is 1. The first-order chi connectivity index (χ1) is 8.42. The van der Waals surface area contributed by atoms with E-state index in [0.29, 0.717) is 18.3 Å². The van der Waals surface area contributed by atoms with Crippen LogP contribution in [0.25, 0.3) is 0 Å². The Morgan fingerprint density at radius 1 is 1.06 bits per heavy atom. The molecule has 5 unspecified atom stereocenters. The van der Waals surface area contributed by atoms with E-state index in [1.54, 1.807) is 0 Å². The van der Waals surface area contributed by atoms with E-state index < -0.39 is 0 Å². The maximum atomic E-state index is 6.11. The molecule has 0 radical (unpaired) electrons. The summed E-state index contributed by atoms with van der Waals surface area (Å²) < 4.78 is 12.2. The number of ether oxygens (including phenoxy) is 2.